The van der Waals surface area contributed by atoms with Crippen LogP contribution in [0.3, 0.4) is 0 Å². The lowest BCUT2D eigenvalue weighted by Crippen LogP contribution is -2.33. The molecular weight excluding hydrogens is 314 g/mol. The molecule has 0 bridgehead atoms. The number of nitrogens with one attached hydrogen (secondary N) is 1. The Labute approximate surface area is 149 Å². The van der Waals surface area contributed by atoms with Crippen LogP contribution in [-0.2, 0) is 14.3 Å². The number of para-hydroxylation sites is 1. The van der Waals surface area contributed by atoms with E-state index in [2.05, 4.69) is 5.32 Å². The minimum absolute atomic E-state index is 0.124. The summed E-state index contributed by atoms with van der Waals surface area (Å²) in [5, 5.41) is 2.75. The highest BCUT2D eigenvalue weighted by Crippen LogP contribution is 2.28. The Morgan fingerprint density at radius 3 is 2.08 bits per heavy atom. The molecule has 0 saturated heterocycles. The molecule has 0 aromatic heterocycles. The van der Waals surface area contributed by atoms with Crippen LogP contribution in [0.5, 0.6) is 0 Å². The van der Waals surface area contributed by atoms with Gasteiger partial charge in [-0.25, -0.2) is 0 Å². The molecular formula is C21H25NO3. The van der Waals surface area contributed by atoms with Crippen LogP contribution in [0.1, 0.15) is 38.7 Å². The van der Waals surface area contributed by atoms with Gasteiger partial charge in [-0.15, -0.1) is 0 Å². The fourth-order valence-corrected chi connectivity index (χ4v) is 2.66. The van der Waals surface area contributed by atoms with Crippen LogP contribution in [0.15, 0.2) is 60.7 Å². The normalized spacial score (nSPS) is 14.2. The molecule has 1 amide bonds. The summed E-state index contributed by atoms with van der Waals surface area (Å²) >= 11 is 0. The van der Waals surface area contributed by atoms with E-state index in [1.807, 2.05) is 62.4 Å². The lowest BCUT2D eigenvalue weighted by atomic mass is 9.85. The fourth-order valence-electron chi connectivity index (χ4n) is 2.66. The van der Waals surface area contributed by atoms with Crippen LogP contribution in [0.4, 0.5) is 5.69 Å². The zero-order chi connectivity index (χ0) is 18.2. The molecule has 0 radical (unpaired) electrons. The Kier molecular flexibility index (Phi) is 6.75. The number of amides is 1. The number of benzene rings is 2. The van der Waals surface area contributed by atoms with Gasteiger partial charge < -0.3 is 10.1 Å². The van der Waals surface area contributed by atoms with Crippen molar-refractivity contribution in [2.45, 2.75) is 39.2 Å². The summed E-state index contributed by atoms with van der Waals surface area (Å²) in [6.45, 7) is 5.65. The Morgan fingerprint density at radius 2 is 1.52 bits per heavy atom. The Hall–Kier alpha value is -2.62. The van der Waals surface area contributed by atoms with Crippen LogP contribution in [0.2, 0.25) is 0 Å². The molecule has 4 nitrogen and oxygen atoms in total. The number of carbonyl (C=O) groups excluding carboxylic acids is 2. The van der Waals surface area contributed by atoms with E-state index in [9.17, 15) is 9.59 Å². The highest BCUT2D eigenvalue weighted by Gasteiger charge is 2.30. The first kappa shape index (κ1) is 18.7. The first-order valence-corrected chi connectivity index (χ1v) is 8.64. The second kappa shape index (κ2) is 9.02. The maximum atomic E-state index is 12.7. The molecule has 0 spiro atoms. The van der Waals surface area contributed by atoms with E-state index in [1.165, 1.54) is 0 Å². The third-order valence-electron chi connectivity index (χ3n) is 4.33. The molecule has 2 aromatic carbocycles. The lowest BCUT2D eigenvalue weighted by molar-refractivity contribution is -0.155. The Bertz CT molecular complexity index is 685. The standard InChI is InChI=1S/C21H25NO3/c1-4-15(2)19(17-11-7-5-8-12-17)21(24)25-16(3)20(23)22-18-13-9-6-10-14-18/h5-16,19H,4H2,1-3H3,(H,22,23). The van der Waals surface area contributed by atoms with Crippen molar-refractivity contribution in [3.05, 3.63) is 66.2 Å². The average Bonchev–Trinajstić information content (AvgIpc) is 2.63. The molecule has 2 rings (SSSR count). The van der Waals surface area contributed by atoms with E-state index in [4.69, 9.17) is 4.74 Å². The molecule has 0 fully saturated rings. The lowest BCUT2D eigenvalue weighted by Gasteiger charge is -2.23. The van der Waals surface area contributed by atoms with Crippen molar-refractivity contribution in [3.63, 3.8) is 0 Å². The average molecular weight is 339 g/mol. The second-order valence-corrected chi connectivity index (χ2v) is 6.21. The zero-order valence-electron chi connectivity index (χ0n) is 14.9. The van der Waals surface area contributed by atoms with Gasteiger partial charge in [0.05, 0.1) is 5.92 Å². The smallest absolute Gasteiger partial charge is 0.314 e. The van der Waals surface area contributed by atoms with Crippen molar-refractivity contribution in [1.29, 1.82) is 0 Å². The number of hydrogen-bond acceptors (Lipinski definition) is 3. The maximum absolute atomic E-state index is 12.7. The first-order chi connectivity index (χ1) is 12.0. The Balaban J connectivity index is 2.05. The number of carbonyl (C=O) groups is 2. The van der Waals surface area contributed by atoms with Crippen LogP contribution in [-0.4, -0.2) is 18.0 Å². The molecule has 1 N–H and O–H groups in total. The van der Waals surface area contributed by atoms with Crippen LogP contribution >= 0.6 is 0 Å². The summed E-state index contributed by atoms with van der Waals surface area (Å²) in [5.41, 5.74) is 1.59. The summed E-state index contributed by atoms with van der Waals surface area (Å²) in [6.07, 6.45) is -0.0119. The van der Waals surface area contributed by atoms with E-state index >= 15 is 0 Å². The van der Waals surface area contributed by atoms with Crippen molar-refractivity contribution in [2.24, 2.45) is 5.92 Å². The van der Waals surface area contributed by atoms with E-state index in [-0.39, 0.29) is 23.7 Å². The molecule has 0 aliphatic rings. The molecule has 0 aliphatic carbocycles. The second-order valence-electron chi connectivity index (χ2n) is 6.21. The van der Waals surface area contributed by atoms with Gasteiger partial charge in [-0.2, -0.15) is 0 Å². The number of ether oxygens (including phenoxy) is 1. The summed E-state index contributed by atoms with van der Waals surface area (Å²) in [5.74, 6) is -0.954. The SMILES string of the molecule is CCC(C)C(C(=O)OC(C)C(=O)Nc1ccccc1)c1ccccc1. The van der Waals surface area contributed by atoms with Crippen LogP contribution < -0.4 is 5.32 Å². The van der Waals surface area contributed by atoms with Gasteiger partial charge >= 0.3 is 5.97 Å². The zero-order valence-corrected chi connectivity index (χ0v) is 14.9. The van der Waals surface area contributed by atoms with Crippen molar-refractivity contribution < 1.29 is 14.3 Å². The van der Waals surface area contributed by atoms with Gasteiger partial charge in [0.15, 0.2) is 6.10 Å². The predicted octanol–water partition coefficient (Wildman–Crippen LogP) is 4.39. The monoisotopic (exact) mass is 339 g/mol. The van der Waals surface area contributed by atoms with Gasteiger partial charge in [-0.3, -0.25) is 9.59 Å². The topological polar surface area (TPSA) is 55.4 Å². The maximum Gasteiger partial charge on any atom is 0.314 e. The molecule has 25 heavy (non-hydrogen) atoms. The summed E-state index contributed by atoms with van der Waals surface area (Å²) < 4.78 is 5.47. The fraction of sp³-hybridized carbons (Fsp3) is 0.333. The van der Waals surface area contributed by atoms with Gasteiger partial charge in [0, 0.05) is 5.69 Å². The summed E-state index contributed by atoms with van der Waals surface area (Å²) in [6, 6.07) is 18.7. The van der Waals surface area contributed by atoms with Crippen molar-refractivity contribution in [2.75, 3.05) is 5.32 Å². The number of anilines is 1. The number of hydrogen-bond donors (Lipinski definition) is 1. The van der Waals surface area contributed by atoms with E-state index in [0.717, 1.165) is 12.0 Å². The molecule has 132 valence electrons. The summed E-state index contributed by atoms with van der Waals surface area (Å²) in [4.78, 5) is 25.0. The van der Waals surface area contributed by atoms with Crippen molar-refractivity contribution in [1.82, 2.24) is 0 Å². The van der Waals surface area contributed by atoms with Gasteiger partial charge in [-0.1, -0.05) is 68.8 Å². The number of esters is 1. The van der Waals surface area contributed by atoms with Crippen LogP contribution in [0.25, 0.3) is 0 Å². The largest absolute Gasteiger partial charge is 0.452 e. The molecule has 0 heterocycles. The molecule has 3 unspecified atom stereocenters. The third-order valence-corrected chi connectivity index (χ3v) is 4.33. The summed E-state index contributed by atoms with van der Waals surface area (Å²) in [7, 11) is 0. The molecule has 3 atom stereocenters. The van der Waals surface area contributed by atoms with Crippen molar-refractivity contribution >= 4 is 17.6 Å². The first-order valence-electron chi connectivity index (χ1n) is 8.64. The molecule has 0 aliphatic heterocycles. The van der Waals surface area contributed by atoms with E-state index in [0.29, 0.717) is 5.69 Å². The number of rotatable bonds is 7. The minimum atomic E-state index is -0.858. The predicted molar refractivity (Wildman–Crippen MR) is 99.3 cm³/mol. The van der Waals surface area contributed by atoms with Crippen LogP contribution in [0, 0.1) is 5.92 Å². The highest BCUT2D eigenvalue weighted by molar-refractivity contribution is 5.95. The minimum Gasteiger partial charge on any atom is -0.452 e. The molecule has 4 heteroatoms. The molecule has 2 aromatic rings. The quantitative estimate of drug-likeness (QED) is 0.761. The van der Waals surface area contributed by atoms with Gasteiger partial charge in [0.2, 0.25) is 0 Å². The van der Waals surface area contributed by atoms with Gasteiger partial charge in [-0.05, 0) is 30.5 Å². The molecule has 0 saturated carbocycles. The third kappa shape index (κ3) is 5.18. The van der Waals surface area contributed by atoms with Gasteiger partial charge in [0.1, 0.15) is 0 Å². The van der Waals surface area contributed by atoms with E-state index < -0.39 is 6.10 Å². The Morgan fingerprint density at radius 1 is 0.960 bits per heavy atom. The van der Waals surface area contributed by atoms with Gasteiger partial charge in [0.25, 0.3) is 5.91 Å². The highest BCUT2D eigenvalue weighted by atomic mass is 16.5. The van der Waals surface area contributed by atoms with Crippen molar-refractivity contribution in [3.8, 4) is 0 Å². The van der Waals surface area contributed by atoms with E-state index in [1.54, 1.807) is 19.1 Å².